The molecule has 128 valence electrons. The number of aromatic nitrogens is 2. The van der Waals surface area contributed by atoms with Crippen molar-refractivity contribution in [1.82, 2.24) is 9.78 Å². The Hall–Kier alpha value is -2.66. The predicted molar refractivity (Wildman–Crippen MR) is 96.6 cm³/mol. The lowest BCUT2D eigenvalue weighted by Crippen LogP contribution is -2.14. The van der Waals surface area contributed by atoms with E-state index in [9.17, 15) is 9.18 Å². The fraction of sp³-hybridized carbons (Fsp3) is 0.158. The second kappa shape index (κ2) is 7.07. The topological polar surface area (TPSA) is 46.9 Å². The van der Waals surface area contributed by atoms with E-state index in [1.165, 1.54) is 12.1 Å². The molecule has 2 aromatic carbocycles. The number of halogens is 2. The number of nitrogens with zero attached hydrogens (tertiary/aromatic N) is 2. The average molecular weight is 358 g/mol. The summed E-state index contributed by atoms with van der Waals surface area (Å²) in [6.07, 6.45) is 1.73. The van der Waals surface area contributed by atoms with Crippen LogP contribution in [-0.2, 0) is 6.54 Å². The third kappa shape index (κ3) is 4.06. The smallest absolute Gasteiger partial charge is 0.257 e. The van der Waals surface area contributed by atoms with Gasteiger partial charge in [0.05, 0.1) is 6.54 Å². The number of amides is 1. The molecule has 3 rings (SSSR count). The van der Waals surface area contributed by atoms with E-state index in [0.29, 0.717) is 22.9 Å². The van der Waals surface area contributed by atoms with Gasteiger partial charge < -0.3 is 5.32 Å². The van der Waals surface area contributed by atoms with E-state index in [4.69, 9.17) is 11.6 Å². The normalized spacial score (nSPS) is 10.7. The molecule has 1 aromatic heterocycles. The van der Waals surface area contributed by atoms with Gasteiger partial charge in [-0.25, -0.2) is 4.39 Å². The SMILES string of the molecule is Cc1ccc(C(=O)Nc2ccn(Cc3ccc(F)cc3Cl)n2)c(C)c1. The Labute approximate surface area is 150 Å². The molecule has 0 aliphatic heterocycles. The van der Waals surface area contributed by atoms with Gasteiger partial charge in [-0.05, 0) is 43.2 Å². The van der Waals surface area contributed by atoms with Gasteiger partial charge in [0.15, 0.2) is 5.82 Å². The number of carbonyl (C=O) groups excluding carboxylic acids is 1. The highest BCUT2D eigenvalue weighted by Gasteiger charge is 2.11. The summed E-state index contributed by atoms with van der Waals surface area (Å²) in [6, 6.07) is 11.6. The van der Waals surface area contributed by atoms with Crippen LogP contribution in [0.1, 0.15) is 27.0 Å². The quantitative estimate of drug-likeness (QED) is 0.742. The number of hydrogen-bond donors (Lipinski definition) is 1. The van der Waals surface area contributed by atoms with Crippen LogP contribution in [0.3, 0.4) is 0 Å². The maximum Gasteiger partial charge on any atom is 0.257 e. The van der Waals surface area contributed by atoms with Crippen molar-refractivity contribution in [2.75, 3.05) is 5.32 Å². The molecule has 0 radical (unpaired) electrons. The predicted octanol–water partition coefficient (Wildman–Crippen LogP) is 4.59. The van der Waals surface area contributed by atoms with Gasteiger partial charge in [0.2, 0.25) is 0 Å². The van der Waals surface area contributed by atoms with E-state index >= 15 is 0 Å². The van der Waals surface area contributed by atoms with Crippen LogP contribution in [0.25, 0.3) is 0 Å². The van der Waals surface area contributed by atoms with Gasteiger partial charge in [0, 0.05) is 22.8 Å². The largest absolute Gasteiger partial charge is 0.305 e. The lowest BCUT2D eigenvalue weighted by molar-refractivity contribution is 0.102. The first kappa shape index (κ1) is 17.2. The Morgan fingerprint density at radius 2 is 2.00 bits per heavy atom. The van der Waals surface area contributed by atoms with Crippen LogP contribution in [0, 0.1) is 19.7 Å². The van der Waals surface area contributed by atoms with Gasteiger partial charge in [-0.3, -0.25) is 9.48 Å². The number of aryl methyl sites for hydroxylation is 2. The first-order valence-corrected chi connectivity index (χ1v) is 8.16. The Morgan fingerprint density at radius 1 is 1.20 bits per heavy atom. The van der Waals surface area contributed by atoms with Gasteiger partial charge >= 0.3 is 0 Å². The van der Waals surface area contributed by atoms with Crippen LogP contribution >= 0.6 is 11.6 Å². The Kier molecular flexibility index (Phi) is 4.86. The molecule has 6 heteroatoms. The second-order valence-electron chi connectivity index (χ2n) is 5.91. The third-order valence-electron chi connectivity index (χ3n) is 3.86. The molecule has 1 amide bonds. The molecule has 25 heavy (non-hydrogen) atoms. The number of carbonyl (C=O) groups is 1. The number of nitrogens with one attached hydrogen (secondary N) is 1. The highest BCUT2D eigenvalue weighted by Crippen LogP contribution is 2.19. The molecule has 4 nitrogen and oxygen atoms in total. The van der Waals surface area contributed by atoms with E-state index in [-0.39, 0.29) is 11.7 Å². The standard InChI is InChI=1S/C19H17ClFN3O/c1-12-3-6-16(13(2)9-12)19(25)22-18-7-8-24(23-18)11-14-4-5-15(21)10-17(14)20/h3-10H,11H2,1-2H3,(H,22,23,25). The van der Waals surface area contributed by atoms with E-state index in [0.717, 1.165) is 16.7 Å². The summed E-state index contributed by atoms with van der Waals surface area (Å²) >= 11 is 6.03. The molecule has 1 heterocycles. The fourth-order valence-corrected chi connectivity index (χ4v) is 2.82. The zero-order chi connectivity index (χ0) is 18.0. The van der Waals surface area contributed by atoms with Crippen molar-refractivity contribution in [1.29, 1.82) is 0 Å². The molecule has 0 saturated carbocycles. The zero-order valence-corrected chi connectivity index (χ0v) is 14.6. The van der Waals surface area contributed by atoms with E-state index < -0.39 is 0 Å². The number of benzene rings is 2. The van der Waals surface area contributed by atoms with Crippen molar-refractivity contribution in [3.8, 4) is 0 Å². The number of rotatable bonds is 4. The summed E-state index contributed by atoms with van der Waals surface area (Å²) in [4.78, 5) is 12.4. The molecule has 0 unspecified atom stereocenters. The molecule has 0 spiro atoms. The second-order valence-corrected chi connectivity index (χ2v) is 6.31. The molecule has 0 aliphatic rings. The van der Waals surface area contributed by atoms with Gasteiger partial charge in [0.25, 0.3) is 5.91 Å². The summed E-state index contributed by atoms with van der Waals surface area (Å²) in [5, 5.41) is 7.44. The molecule has 0 aliphatic carbocycles. The Morgan fingerprint density at radius 3 is 2.72 bits per heavy atom. The van der Waals surface area contributed by atoms with Crippen molar-refractivity contribution in [3.63, 3.8) is 0 Å². The first-order chi connectivity index (χ1) is 11.9. The van der Waals surface area contributed by atoms with Crippen molar-refractivity contribution < 1.29 is 9.18 Å². The van der Waals surface area contributed by atoms with Crippen molar-refractivity contribution in [2.24, 2.45) is 0 Å². The summed E-state index contributed by atoms with van der Waals surface area (Å²) in [5.74, 6) is -0.138. The highest BCUT2D eigenvalue weighted by atomic mass is 35.5. The maximum atomic E-state index is 13.1. The van der Waals surface area contributed by atoms with Crippen molar-refractivity contribution in [2.45, 2.75) is 20.4 Å². The maximum absolute atomic E-state index is 13.1. The van der Waals surface area contributed by atoms with Crippen LogP contribution < -0.4 is 5.32 Å². The lowest BCUT2D eigenvalue weighted by atomic mass is 10.1. The molecule has 0 saturated heterocycles. The summed E-state index contributed by atoms with van der Waals surface area (Å²) < 4.78 is 14.7. The van der Waals surface area contributed by atoms with E-state index in [1.807, 2.05) is 26.0 Å². The van der Waals surface area contributed by atoms with Crippen LogP contribution in [0.5, 0.6) is 0 Å². The highest BCUT2D eigenvalue weighted by molar-refractivity contribution is 6.31. The minimum atomic E-state index is -0.379. The van der Waals surface area contributed by atoms with Crippen LogP contribution in [-0.4, -0.2) is 15.7 Å². The van der Waals surface area contributed by atoms with Gasteiger partial charge in [-0.15, -0.1) is 0 Å². The Bertz CT molecular complexity index is 936. The van der Waals surface area contributed by atoms with Crippen molar-refractivity contribution in [3.05, 3.63) is 81.8 Å². The molecule has 3 aromatic rings. The van der Waals surface area contributed by atoms with Crippen LogP contribution in [0.4, 0.5) is 10.2 Å². The van der Waals surface area contributed by atoms with E-state index in [2.05, 4.69) is 10.4 Å². The summed E-state index contributed by atoms with van der Waals surface area (Å²) in [7, 11) is 0. The molecule has 1 N–H and O–H groups in total. The minimum absolute atomic E-state index is 0.206. The molecule has 0 atom stereocenters. The summed E-state index contributed by atoms with van der Waals surface area (Å²) in [5.41, 5.74) is 3.38. The molecule has 0 bridgehead atoms. The van der Waals surface area contributed by atoms with Gasteiger partial charge in [-0.1, -0.05) is 35.4 Å². The molecule has 0 fully saturated rings. The first-order valence-electron chi connectivity index (χ1n) is 7.78. The molecular formula is C19H17ClFN3O. The van der Waals surface area contributed by atoms with E-state index in [1.54, 1.807) is 29.1 Å². The minimum Gasteiger partial charge on any atom is -0.305 e. The van der Waals surface area contributed by atoms with Gasteiger partial charge in [-0.2, -0.15) is 5.10 Å². The van der Waals surface area contributed by atoms with Crippen molar-refractivity contribution >= 4 is 23.3 Å². The zero-order valence-electron chi connectivity index (χ0n) is 13.9. The average Bonchev–Trinajstić information content (AvgIpc) is 2.97. The molecular weight excluding hydrogens is 341 g/mol. The lowest BCUT2D eigenvalue weighted by Gasteiger charge is -2.07. The Balaban J connectivity index is 1.72. The van der Waals surface area contributed by atoms with Crippen LogP contribution in [0.15, 0.2) is 48.7 Å². The van der Waals surface area contributed by atoms with Gasteiger partial charge in [0.1, 0.15) is 5.82 Å². The number of anilines is 1. The number of hydrogen-bond acceptors (Lipinski definition) is 2. The summed E-state index contributed by atoms with van der Waals surface area (Å²) in [6.45, 7) is 4.27. The third-order valence-corrected chi connectivity index (χ3v) is 4.21. The fourth-order valence-electron chi connectivity index (χ4n) is 2.59. The monoisotopic (exact) mass is 357 g/mol. The van der Waals surface area contributed by atoms with Crippen LogP contribution in [0.2, 0.25) is 5.02 Å².